The number of alkyl carbamates (subject to hydrolysis) is 1. The minimum Gasteiger partial charge on any atom is -0.508 e. The number of phenolic OH excluding ortho intramolecular Hbond substituents is 1. The van der Waals surface area contributed by atoms with Crippen molar-refractivity contribution in [3.63, 3.8) is 0 Å². The number of hydrogen-bond donors (Lipinski definition) is 3. The summed E-state index contributed by atoms with van der Waals surface area (Å²) in [6.45, 7) is 7.79. The number of terminal acetylenes is 1. The van der Waals surface area contributed by atoms with Gasteiger partial charge in [0.2, 0.25) is 11.8 Å². The molecule has 3 amide bonds. The largest absolute Gasteiger partial charge is 0.508 e. The van der Waals surface area contributed by atoms with Crippen LogP contribution in [0, 0.1) is 12.3 Å². The van der Waals surface area contributed by atoms with Gasteiger partial charge in [-0.3, -0.25) is 9.59 Å². The third-order valence-corrected chi connectivity index (χ3v) is 6.84. The number of aromatic hydroxyl groups is 1. The summed E-state index contributed by atoms with van der Waals surface area (Å²) < 4.78 is 5.48. The SMILES string of the molecule is C#Cc1ccc(C(C(=O)NCCCC)N(C(=O)C(Cc2ccc(O)cc2)NC(=O)OC(C)(C)C)C2CCC2)cc1. The van der Waals surface area contributed by atoms with Crippen molar-refractivity contribution in [2.45, 2.75) is 89.9 Å². The zero-order chi connectivity index (χ0) is 29.3. The van der Waals surface area contributed by atoms with E-state index in [1.807, 2.05) is 6.92 Å². The lowest BCUT2D eigenvalue weighted by Gasteiger charge is -2.43. The average molecular weight is 548 g/mol. The molecular formula is C32H41N3O5. The van der Waals surface area contributed by atoms with Gasteiger partial charge in [0.25, 0.3) is 0 Å². The van der Waals surface area contributed by atoms with Crippen molar-refractivity contribution in [1.82, 2.24) is 15.5 Å². The number of carbonyl (C=O) groups excluding carboxylic acids is 3. The molecule has 2 atom stereocenters. The predicted octanol–water partition coefficient (Wildman–Crippen LogP) is 4.85. The highest BCUT2D eigenvalue weighted by Gasteiger charge is 2.42. The van der Waals surface area contributed by atoms with E-state index in [0.717, 1.165) is 37.7 Å². The van der Waals surface area contributed by atoms with Crippen LogP contribution in [0.1, 0.15) is 82.5 Å². The summed E-state index contributed by atoms with van der Waals surface area (Å²) >= 11 is 0. The van der Waals surface area contributed by atoms with Crippen LogP contribution in [0.3, 0.4) is 0 Å². The van der Waals surface area contributed by atoms with Crippen LogP contribution in [-0.4, -0.2) is 52.1 Å². The smallest absolute Gasteiger partial charge is 0.408 e. The molecule has 1 saturated carbocycles. The van der Waals surface area contributed by atoms with Crippen molar-refractivity contribution < 1.29 is 24.2 Å². The van der Waals surface area contributed by atoms with Gasteiger partial charge in [0.15, 0.2) is 0 Å². The summed E-state index contributed by atoms with van der Waals surface area (Å²) in [5.41, 5.74) is 1.30. The number of phenols is 1. The van der Waals surface area contributed by atoms with E-state index >= 15 is 0 Å². The molecule has 214 valence electrons. The topological polar surface area (TPSA) is 108 Å². The molecule has 0 aliphatic heterocycles. The molecule has 2 unspecified atom stereocenters. The molecule has 0 heterocycles. The molecule has 0 bridgehead atoms. The van der Waals surface area contributed by atoms with E-state index < -0.39 is 23.8 Å². The Hall–Kier alpha value is -3.99. The van der Waals surface area contributed by atoms with Crippen LogP contribution in [0.25, 0.3) is 0 Å². The zero-order valence-electron chi connectivity index (χ0n) is 23.9. The molecule has 8 heteroatoms. The maximum Gasteiger partial charge on any atom is 0.408 e. The molecule has 3 N–H and O–H groups in total. The van der Waals surface area contributed by atoms with Crippen molar-refractivity contribution in [3.8, 4) is 18.1 Å². The molecule has 0 aromatic heterocycles. The molecule has 0 spiro atoms. The first kappa shape index (κ1) is 30.6. The number of carbonyl (C=O) groups is 3. The highest BCUT2D eigenvalue weighted by atomic mass is 16.6. The second-order valence-corrected chi connectivity index (χ2v) is 11.2. The maximum absolute atomic E-state index is 14.4. The fourth-order valence-electron chi connectivity index (χ4n) is 4.57. The highest BCUT2D eigenvalue weighted by Crippen LogP contribution is 2.34. The zero-order valence-corrected chi connectivity index (χ0v) is 23.9. The van der Waals surface area contributed by atoms with Crippen molar-refractivity contribution in [1.29, 1.82) is 0 Å². The molecule has 1 aliphatic rings. The Kier molecular flexibility index (Phi) is 10.6. The highest BCUT2D eigenvalue weighted by molar-refractivity contribution is 5.92. The number of benzene rings is 2. The molecule has 40 heavy (non-hydrogen) atoms. The Morgan fingerprint density at radius 1 is 1.10 bits per heavy atom. The lowest BCUT2D eigenvalue weighted by Crippen LogP contribution is -2.58. The van der Waals surface area contributed by atoms with E-state index in [1.54, 1.807) is 62.1 Å². The van der Waals surface area contributed by atoms with Gasteiger partial charge in [-0.1, -0.05) is 43.5 Å². The van der Waals surface area contributed by atoms with Gasteiger partial charge in [-0.25, -0.2) is 4.79 Å². The molecule has 2 aromatic carbocycles. The van der Waals surface area contributed by atoms with E-state index in [4.69, 9.17) is 11.2 Å². The number of ether oxygens (including phenoxy) is 1. The van der Waals surface area contributed by atoms with Crippen molar-refractivity contribution >= 4 is 17.9 Å². The van der Waals surface area contributed by atoms with Gasteiger partial charge in [-0.05, 0) is 81.8 Å². The molecule has 1 aliphatic carbocycles. The summed E-state index contributed by atoms with van der Waals surface area (Å²) in [6.07, 6.45) is 9.17. The summed E-state index contributed by atoms with van der Waals surface area (Å²) in [5, 5.41) is 15.5. The molecule has 0 saturated heterocycles. The van der Waals surface area contributed by atoms with Crippen LogP contribution in [0.4, 0.5) is 4.79 Å². The molecule has 8 nitrogen and oxygen atoms in total. The third kappa shape index (κ3) is 8.51. The van der Waals surface area contributed by atoms with Gasteiger partial charge in [-0.2, -0.15) is 0 Å². The van der Waals surface area contributed by atoms with Crippen LogP contribution in [0.5, 0.6) is 5.75 Å². The quantitative estimate of drug-likeness (QED) is 0.275. The monoisotopic (exact) mass is 547 g/mol. The Morgan fingerprint density at radius 2 is 1.75 bits per heavy atom. The van der Waals surface area contributed by atoms with E-state index in [2.05, 4.69) is 16.6 Å². The van der Waals surface area contributed by atoms with E-state index in [1.165, 1.54) is 12.1 Å². The van der Waals surface area contributed by atoms with Crippen molar-refractivity contribution in [3.05, 3.63) is 65.2 Å². The summed E-state index contributed by atoms with van der Waals surface area (Å²) in [5.74, 6) is 2.04. The van der Waals surface area contributed by atoms with Crippen LogP contribution in [-0.2, 0) is 20.7 Å². The summed E-state index contributed by atoms with van der Waals surface area (Å²) in [6, 6.07) is 11.5. The van der Waals surface area contributed by atoms with Crippen LogP contribution in [0.15, 0.2) is 48.5 Å². The Bertz CT molecular complexity index is 1190. The van der Waals surface area contributed by atoms with Gasteiger partial charge >= 0.3 is 6.09 Å². The van der Waals surface area contributed by atoms with E-state index in [0.29, 0.717) is 17.7 Å². The normalized spacial score (nSPS) is 14.7. The number of unbranched alkanes of at least 4 members (excludes halogenated alkanes) is 1. The molecule has 3 rings (SSSR count). The second kappa shape index (κ2) is 13.9. The van der Waals surface area contributed by atoms with Crippen LogP contribution in [0.2, 0.25) is 0 Å². The maximum atomic E-state index is 14.4. The number of amides is 3. The molecular weight excluding hydrogens is 506 g/mol. The van der Waals surface area contributed by atoms with Gasteiger partial charge < -0.3 is 25.4 Å². The molecule has 1 fully saturated rings. The van der Waals surface area contributed by atoms with E-state index in [9.17, 15) is 19.5 Å². The lowest BCUT2D eigenvalue weighted by atomic mass is 9.87. The minimum atomic E-state index is -1.00. The third-order valence-electron chi connectivity index (χ3n) is 6.84. The van der Waals surface area contributed by atoms with Gasteiger partial charge in [0.05, 0.1) is 0 Å². The first-order chi connectivity index (χ1) is 19.0. The number of rotatable bonds is 11. The molecule has 0 radical (unpaired) electrons. The number of nitrogens with zero attached hydrogens (tertiary/aromatic N) is 1. The summed E-state index contributed by atoms with van der Waals surface area (Å²) in [7, 11) is 0. The van der Waals surface area contributed by atoms with Crippen LogP contribution < -0.4 is 10.6 Å². The fraction of sp³-hybridized carbons (Fsp3) is 0.469. The predicted molar refractivity (Wildman–Crippen MR) is 154 cm³/mol. The standard InChI is InChI=1S/C32H41N3O5/c1-6-8-20-33-29(37)28(24-16-12-22(7-2)13-17-24)35(25-10-9-11-25)30(38)27(34-31(39)40-32(3,4)5)21-23-14-18-26(36)19-15-23/h2,12-19,25,27-28,36H,6,8-11,20-21H2,1,3-5H3,(H,33,37)(H,34,39). The summed E-state index contributed by atoms with van der Waals surface area (Å²) in [4.78, 5) is 42.6. The molecule has 2 aromatic rings. The van der Waals surface area contributed by atoms with Crippen LogP contribution >= 0.6 is 0 Å². The minimum absolute atomic E-state index is 0.0991. The van der Waals surface area contributed by atoms with Gasteiger partial charge in [-0.15, -0.1) is 6.42 Å². The van der Waals surface area contributed by atoms with Crippen molar-refractivity contribution in [2.75, 3.05) is 6.54 Å². The second-order valence-electron chi connectivity index (χ2n) is 11.2. The van der Waals surface area contributed by atoms with Gasteiger partial charge in [0.1, 0.15) is 23.4 Å². The first-order valence-corrected chi connectivity index (χ1v) is 14.0. The Labute approximate surface area is 237 Å². The average Bonchev–Trinajstić information content (AvgIpc) is 2.87. The Morgan fingerprint density at radius 3 is 2.27 bits per heavy atom. The number of hydrogen-bond acceptors (Lipinski definition) is 5. The van der Waals surface area contributed by atoms with E-state index in [-0.39, 0.29) is 30.0 Å². The fourth-order valence-corrected chi connectivity index (χ4v) is 4.57. The first-order valence-electron chi connectivity index (χ1n) is 14.0. The number of nitrogens with one attached hydrogen (secondary N) is 2. The Balaban J connectivity index is 2.02. The van der Waals surface area contributed by atoms with Crippen molar-refractivity contribution in [2.24, 2.45) is 0 Å². The van der Waals surface area contributed by atoms with Gasteiger partial charge in [0, 0.05) is 24.6 Å². The lowest BCUT2D eigenvalue weighted by molar-refractivity contribution is -0.147.